The first-order chi connectivity index (χ1) is 8.65. The van der Waals surface area contributed by atoms with Gasteiger partial charge < -0.3 is 28.7 Å². The summed E-state index contributed by atoms with van der Waals surface area (Å²) in [5, 5.41) is -0.140. The minimum absolute atomic E-state index is 0.0737. The normalized spacial score (nSPS) is 9.53. The molecule has 1 rings (SSSR count). The molecule has 0 aromatic carbocycles. The van der Waals surface area contributed by atoms with Crippen LogP contribution >= 0.6 is 11.6 Å². The Morgan fingerprint density at radius 2 is 1.68 bits per heavy atom. The van der Waals surface area contributed by atoms with Crippen molar-refractivity contribution in [3.63, 3.8) is 0 Å². The van der Waals surface area contributed by atoms with Crippen LogP contribution in [0.5, 0.6) is 0 Å². The Labute approximate surface area is 115 Å². The van der Waals surface area contributed by atoms with E-state index in [1.54, 1.807) is 0 Å². The second-order valence-electron chi connectivity index (χ2n) is 3.72. The summed E-state index contributed by atoms with van der Waals surface area (Å²) < 4.78 is 0. The van der Waals surface area contributed by atoms with Crippen LogP contribution in [-0.2, 0) is 0 Å². The highest BCUT2D eigenvalue weighted by Gasteiger charge is 2.15. The largest absolute Gasteiger partial charge is 0.382 e. The maximum atomic E-state index is 11.3. The molecule has 1 aromatic rings. The van der Waals surface area contributed by atoms with Gasteiger partial charge in [-0.3, -0.25) is 4.79 Å². The number of anilines is 2. The molecule has 1 aromatic heterocycles. The Bertz CT molecular complexity index is 481. The zero-order valence-electron chi connectivity index (χ0n) is 10.6. The maximum absolute atomic E-state index is 11.3. The van der Waals surface area contributed by atoms with Crippen molar-refractivity contribution < 1.29 is 4.79 Å². The minimum atomic E-state index is -0.832. The molecular weight excluding hydrogens is 272 g/mol. The Morgan fingerprint density at radius 3 is 2.11 bits per heavy atom. The predicted octanol–water partition coefficient (Wildman–Crippen LogP) is -0.938. The molecule has 0 saturated carbocycles. The van der Waals surface area contributed by atoms with Crippen LogP contribution in [0.4, 0.5) is 11.6 Å². The maximum Gasteiger partial charge on any atom is 0.302 e. The van der Waals surface area contributed by atoms with Gasteiger partial charge in [-0.05, 0) is 6.04 Å². The third-order valence-electron chi connectivity index (χ3n) is 1.34. The van der Waals surface area contributed by atoms with Crippen molar-refractivity contribution >= 4 is 35.1 Å². The first kappa shape index (κ1) is 16.9. The molecule has 0 aliphatic rings. The summed E-state index contributed by atoms with van der Waals surface area (Å²) in [6.07, 6.45) is 0. The lowest BCUT2D eigenvalue weighted by molar-refractivity contribution is 0.0998. The number of guanidine groups is 1. The van der Waals surface area contributed by atoms with Crippen LogP contribution in [-0.4, -0.2) is 27.9 Å². The van der Waals surface area contributed by atoms with Gasteiger partial charge in [0.1, 0.15) is 0 Å². The molecule has 0 bridgehead atoms. The van der Waals surface area contributed by atoms with Crippen molar-refractivity contribution in [1.82, 2.24) is 9.97 Å². The Morgan fingerprint density at radius 1 is 1.21 bits per heavy atom. The van der Waals surface area contributed by atoms with Gasteiger partial charge in [-0.2, -0.15) is 4.99 Å². The topological polar surface area (TPSA) is 185 Å². The van der Waals surface area contributed by atoms with E-state index in [4.69, 9.17) is 40.3 Å². The molecule has 1 amide bonds. The smallest absolute Gasteiger partial charge is 0.302 e. The standard InChI is InChI=1S/C6H8ClN7O.C3H9N/c7-2-4(9)13-3(8)1(12-2)5(15)14-6(10)11;1-3(2)4/h(H4,8,9,13)(H4,10,11,14,15);3H,4H2,1-2H3. The summed E-state index contributed by atoms with van der Waals surface area (Å²) in [7, 11) is 0. The van der Waals surface area contributed by atoms with Gasteiger partial charge >= 0.3 is 5.91 Å². The van der Waals surface area contributed by atoms with Crippen molar-refractivity contribution in [2.24, 2.45) is 22.2 Å². The average Bonchev–Trinajstić information content (AvgIpc) is 2.21. The first-order valence-corrected chi connectivity index (χ1v) is 5.51. The van der Waals surface area contributed by atoms with Gasteiger partial charge in [-0.25, -0.2) is 9.97 Å². The summed E-state index contributed by atoms with van der Waals surface area (Å²) in [6, 6.07) is 0.333. The number of aliphatic imine (C=N–C) groups is 1. The van der Waals surface area contributed by atoms with E-state index < -0.39 is 11.9 Å². The van der Waals surface area contributed by atoms with Gasteiger partial charge in [-0.15, -0.1) is 0 Å². The molecule has 19 heavy (non-hydrogen) atoms. The summed E-state index contributed by atoms with van der Waals surface area (Å²) in [4.78, 5) is 21.7. The number of rotatable bonds is 1. The Balaban J connectivity index is 0.000000711. The Kier molecular flexibility index (Phi) is 6.51. The zero-order valence-corrected chi connectivity index (χ0v) is 11.3. The monoisotopic (exact) mass is 288 g/mol. The molecule has 9 nitrogen and oxygen atoms in total. The molecule has 0 fully saturated rings. The summed E-state index contributed by atoms with van der Waals surface area (Å²) >= 11 is 5.55. The fraction of sp³-hybridized carbons (Fsp3) is 0.333. The van der Waals surface area contributed by atoms with Crippen molar-refractivity contribution in [3.05, 3.63) is 10.8 Å². The van der Waals surface area contributed by atoms with Crippen LogP contribution in [0.2, 0.25) is 5.15 Å². The van der Waals surface area contributed by atoms with Crippen LogP contribution in [0.3, 0.4) is 0 Å². The van der Waals surface area contributed by atoms with Gasteiger partial charge in [0, 0.05) is 0 Å². The molecule has 0 aliphatic heterocycles. The molecule has 1 heterocycles. The van der Waals surface area contributed by atoms with Crippen LogP contribution in [0.1, 0.15) is 24.3 Å². The van der Waals surface area contributed by atoms with E-state index in [2.05, 4.69) is 15.0 Å². The van der Waals surface area contributed by atoms with E-state index in [9.17, 15) is 4.79 Å². The quantitative estimate of drug-likeness (QED) is 0.323. The number of hydrogen-bond donors (Lipinski definition) is 5. The number of carbonyl (C=O) groups excluding carboxylic acids is 1. The van der Waals surface area contributed by atoms with Crippen molar-refractivity contribution in [3.8, 4) is 0 Å². The number of nitrogens with zero attached hydrogens (tertiary/aromatic N) is 3. The lowest BCUT2D eigenvalue weighted by Gasteiger charge is -2.02. The fourth-order valence-electron chi connectivity index (χ4n) is 0.769. The molecule has 0 saturated heterocycles. The van der Waals surface area contributed by atoms with Crippen molar-refractivity contribution in [2.45, 2.75) is 19.9 Å². The number of aromatic nitrogens is 2. The molecule has 10 N–H and O–H groups in total. The molecular formula is C9H17ClN8O. The number of amides is 1. The van der Waals surface area contributed by atoms with Crippen LogP contribution in [0, 0.1) is 0 Å². The van der Waals surface area contributed by atoms with E-state index in [1.807, 2.05) is 13.8 Å². The van der Waals surface area contributed by atoms with Gasteiger partial charge in [0.15, 0.2) is 28.4 Å². The SMILES string of the molecule is CC(C)N.NC(N)=NC(=O)c1nc(Cl)c(N)nc1N. The molecule has 0 spiro atoms. The van der Waals surface area contributed by atoms with Gasteiger partial charge in [0.2, 0.25) is 0 Å². The van der Waals surface area contributed by atoms with E-state index >= 15 is 0 Å². The molecule has 0 aliphatic carbocycles. The molecule has 10 heteroatoms. The molecule has 0 radical (unpaired) electrons. The highest BCUT2D eigenvalue weighted by Crippen LogP contribution is 2.17. The van der Waals surface area contributed by atoms with Crippen LogP contribution < -0.4 is 28.7 Å². The lowest BCUT2D eigenvalue weighted by atomic mass is 10.4. The van der Waals surface area contributed by atoms with E-state index in [1.165, 1.54) is 0 Å². The van der Waals surface area contributed by atoms with E-state index in [0.29, 0.717) is 6.04 Å². The second-order valence-corrected chi connectivity index (χ2v) is 4.08. The summed E-state index contributed by atoms with van der Waals surface area (Å²) in [5.74, 6) is -1.50. The lowest BCUT2D eigenvalue weighted by Crippen LogP contribution is -2.24. The van der Waals surface area contributed by atoms with Crippen molar-refractivity contribution in [2.75, 3.05) is 11.5 Å². The minimum Gasteiger partial charge on any atom is -0.382 e. The average molecular weight is 289 g/mol. The second kappa shape index (κ2) is 7.34. The Hall–Kier alpha value is -2.13. The van der Waals surface area contributed by atoms with Crippen molar-refractivity contribution in [1.29, 1.82) is 0 Å². The summed E-state index contributed by atoms with van der Waals surface area (Å²) in [5.41, 5.74) is 25.6. The first-order valence-electron chi connectivity index (χ1n) is 5.13. The van der Waals surface area contributed by atoms with Gasteiger partial charge in [0.05, 0.1) is 0 Å². The van der Waals surface area contributed by atoms with Gasteiger partial charge in [-0.1, -0.05) is 25.4 Å². The third kappa shape index (κ3) is 6.38. The number of halogens is 1. The van der Waals surface area contributed by atoms with Crippen LogP contribution in [0.25, 0.3) is 0 Å². The summed E-state index contributed by atoms with van der Waals surface area (Å²) in [6.45, 7) is 3.89. The highest BCUT2D eigenvalue weighted by atomic mass is 35.5. The predicted molar refractivity (Wildman–Crippen MR) is 75.3 cm³/mol. The van der Waals surface area contributed by atoms with E-state index in [0.717, 1.165) is 0 Å². The number of carbonyl (C=O) groups is 1. The van der Waals surface area contributed by atoms with Crippen LogP contribution in [0.15, 0.2) is 4.99 Å². The number of nitrogen functional groups attached to an aromatic ring is 2. The molecule has 0 unspecified atom stereocenters. The molecule has 0 atom stereocenters. The number of nitrogens with two attached hydrogens (primary N) is 5. The number of hydrogen-bond acceptors (Lipinski definition) is 6. The van der Waals surface area contributed by atoms with E-state index in [-0.39, 0.29) is 22.5 Å². The fourth-order valence-corrected chi connectivity index (χ4v) is 0.896. The highest BCUT2D eigenvalue weighted by molar-refractivity contribution is 6.31. The van der Waals surface area contributed by atoms with Gasteiger partial charge in [0.25, 0.3) is 0 Å². The molecule has 106 valence electrons. The third-order valence-corrected chi connectivity index (χ3v) is 1.62. The zero-order chi connectivity index (χ0) is 15.2.